The molecule has 0 unspecified atom stereocenters. The minimum Gasteiger partial charge on any atom is -0.479 e. The fourth-order valence-electron chi connectivity index (χ4n) is 0.720. The van der Waals surface area contributed by atoms with Gasteiger partial charge in [-0.25, -0.2) is 4.79 Å². The number of aliphatic hydroxyl groups is 1. The third-order valence-corrected chi connectivity index (χ3v) is 2.58. The Bertz CT molecular complexity index is 127. The van der Waals surface area contributed by atoms with Crippen molar-refractivity contribution in [1.82, 2.24) is 0 Å². The first kappa shape index (κ1) is 11.8. The number of aliphatic hydroxyl groups excluding tert-OH is 1. The Kier molecular flexibility index (Phi) is 7.29. The summed E-state index contributed by atoms with van der Waals surface area (Å²) in [6, 6.07) is 0. The number of rotatable bonds is 7. The minimum atomic E-state index is -1.20. The molecule has 2 N–H and O–H groups in total. The van der Waals surface area contributed by atoms with E-state index in [1.165, 1.54) is 24.6 Å². The van der Waals surface area contributed by atoms with E-state index in [4.69, 9.17) is 10.2 Å². The predicted octanol–water partition coefficient (Wildman–Crippen LogP) is 1.36. The van der Waals surface area contributed by atoms with Crippen molar-refractivity contribution in [2.45, 2.75) is 32.3 Å². The molecule has 0 aliphatic carbocycles. The minimum absolute atomic E-state index is 0.305. The monoisotopic (exact) mass is 192 g/mol. The molecule has 0 saturated heterocycles. The summed E-state index contributed by atoms with van der Waals surface area (Å²) in [5.41, 5.74) is 0. The van der Waals surface area contributed by atoms with Crippen molar-refractivity contribution >= 4 is 17.7 Å². The number of carbonyl (C=O) groups is 1. The number of carboxylic acids is 1. The first-order valence-electron chi connectivity index (χ1n) is 4.17. The molecule has 12 heavy (non-hydrogen) atoms. The van der Waals surface area contributed by atoms with Gasteiger partial charge in [-0.05, 0) is 12.2 Å². The fraction of sp³-hybridized carbons (Fsp3) is 0.875. The highest BCUT2D eigenvalue weighted by atomic mass is 32.2. The van der Waals surface area contributed by atoms with Crippen molar-refractivity contribution < 1.29 is 15.0 Å². The molecule has 72 valence electrons. The fourth-order valence-corrected chi connectivity index (χ4v) is 1.66. The molecule has 0 aromatic heterocycles. The van der Waals surface area contributed by atoms with E-state index in [-0.39, 0.29) is 0 Å². The topological polar surface area (TPSA) is 57.5 Å². The molecular weight excluding hydrogens is 176 g/mol. The number of aliphatic carboxylic acids is 1. The third-order valence-electron chi connectivity index (χ3n) is 1.45. The maximum absolute atomic E-state index is 10.2. The summed E-state index contributed by atoms with van der Waals surface area (Å²) in [4.78, 5) is 10.2. The first-order valence-corrected chi connectivity index (χ1v) is 5.32. The third kappa shape index (κ3) is 6.49. The van der Waals surface area contributed by atoms with E-state index in [9.17, 15) is 4.79 Å². The lowest BCUT2D eigenvalue weighted by atomic mass is 10.3. The second kappa shape index (κ2) is 7.43. The predicted molar refractivity (Wildman–Crippen MR) is 50.5 cm³/mol. The second-order valence-corrected chi connectivity index (χ2v) is 3.79. The van der Waals surface area contributed by atoms with Gasteiger partial charge in [0.15, 0.2) is 6.10 Å². The van der Waals surface area contributed by atoms with Crippen LogP contribution in [0.25, 0.3) is 0 Å². The summed E-state index contributed by atoms with van der Waals surface area (Å²) in [5, 5.41) is 17.2. The molecule has 0 amide bonds. The van der Waals surface area contributed by atoms with Gasteiger partial charge in [0.2, 0.25) is 0 Å². The molecule has 0 radical (unpaired) electrons. The molecule has 0 saturated carbocycles. The molecule has 0 aliphatic rings. The first-order chi connectivity index (χ1) is 5.68. The summed E-state index contributed by atoms with van der Waals surface area (Å²) >= 11 is 1.50. The normalized spacial score (nSPS) is 12.8. The highest BCUT2D eigenvalue weighted by Gasteiger charge is 2.11. The Morgan fingerprint density at radius 3 is 2.67 bits per heavy atom. The molecule has 1 atom stereocenters. The van der Waals surface area contributed by atoms with E-state index in [0.717, 1.165) is 12.2 Å². The molecule has 3 nitrogen and oxygen atoms in total. The highest BCUT2D eigenvalue weighted by Crippen LogP contribution is 2.07. The molecule has 0 aliphatic heterocycles. The van der Waals surface area contributed by atoms with Crippen LogP contribution >= 0.6 is 11.8 Å². The van der Waals surface area contributed by atoms with Crippen LogP contribution in [0.2, 0.25) is 0 Å². The van der Waals surface area contributed by atoms with Gasteiger partial charge < -0.3 is 10.2 Å². The van der Waals surface area contributed by atoms with E-state index < -0.39 is 12.1 Å². The van der Waals surface area contributed by atoms with Crippen molar-refractivity contribution in [3.05, 3.63) is 0 Å². The van der Waals surface area contributed by atoms with Crippen molar-refractivity contribution in [2.75, 3.05) is 11.5 Å². The van der Waals surface area contributed by atoms with Gasteiger partial charge in [0.05, 0.1) is 0 Å². The Hall–Kier alpha value is -0.220. The van der Waals surface area contributed by atoms with Gasteiger partial charge in [0, 0.05) is 5.75 Å². The average Bonchev–Trinajstić information content (AvgIpc) is 2.03. The van der Waals surface area contributed by atoms with Gasteiger partial charge in [0.25, 0.3) is 0 Å². The standard InChI is InChI=1S/C8H16O3S/c1-2-3-4-5-12-6-7(9)8(10)11/h7,9H,2-6H2,1H3,(H,10,11)/t7-/m1/s1. The van der Waals surface area contributed by atoms with Crippen LogP contribution < -0.4 is 0 Å². The van der Waals surface area contributed by atoms with E-state index in [1.807, 2.05) is 0 Å². The van der Waals surface area contributed by atoms with Crippen molar-refractivity contribution in [3.8, 4) is 0 Å². The van der Waals surface area contributed by atoms with E-state index in [1.54, 1.807) is 0 Å². The van der Waals surface area contributed by atoms with E-state index in [2.05, 4.69) is 6.92 Å². The quantitative estimate of drug-likeness (QED) is 0.598. The van der Waals surface area contributed by atoms with Crippen LogP contribution in [0.4, 0.5) is 0 Å². The number of hydrogen-bond acceptors (Lipinski definition) is 3. The second-order valence-electron chi connectivity index (χ2n) is 2.64. The van der Waals surface area contributed by atoms with E-state index in [0.29, 0.717) is 5.75 Å². The number of carboxylic acid groups (broad SMARTS) is 1. The van der Waals surface area contributed by atoms with Crippen LogP contribution in [0, 0.1) is 0 Å². The van der Waals surface area contributed by atoms with Crippen LogP contribution in [0.1, 0.15) is 26.2 Å². The van der Waals surface area contributed by atoms with Gasteiger partial charge in [-0.3, -0.25) is 0 Å². The Balaban J connectivity index is 3.14. The number of thioether (sulfide) groups is 1. The van der Waals surface area contributed by atoms with Gasteiger partial charge in [-0.2, -0.15) is 11.8 Å². The smallest absolute Gasteiger partial charge is 0.333 e. The summed E-state index contributed by atoms with van der Waals surface area (Å²) in [7, 11) is 0. The van der Waals surface area contributed by atoms with Gasteiger partial charge in [-0.1, -0.05) is 19.8 Å². The van der Waals surface area contributed by atoms with E-state index >= 15 is 0 Å². The summed E-state index contributed by atoms with van der Waals surface area (Å²) in [6.07, 6.45) is 2.25. The number of hydrogen-bond donors (Lipinski definition) is 2. The van der Waals surface area contributed by atoms with Crippen LogP contribution in [-0.4, -0.2) is 33.8 Å². The SMILES string of the molecule is CCCCCSC[C@@H](O)C(=O)O. The lowest BCUT2D eigenvalue weighted by Gasteiger charge is -2.03. The lowest BCUT2D eigenvalue weighted by molar-refractivity contribution is -0.145. The van der Waals surface area contributed by atoms with Crippen LogP contribution in [0.3, 0.4) is 0 Å². The summed E-state index contributed by atoms with van der Waals surface area (Å²) in [5.74, 6) is 0.120. The Labute approximate surface area is 77.2 Å². The molecule has 0 bridgehead atoms. The highest BCUT2D eigenvalue weighted by molar-refractivity contribution is 7.99. The maximum Gasteiger partial charge on any atom is 0.333 e. The molecule has 0 heterocycles. The molecule has 0 spiro atoms. The molecular formula is C8H16O3S. The Morgan fingerprint density at radius 2 is 2.17 bits per heavy atom. The zero-order valence-electron chi connectivity index (χ0n) is 7.32. The lowest BCUT2D eigenvalue weighted by Crippen LogP contribution is -2.22. The Morgan fingerprint density at radius 1 is 1.50 bits per heavy atom. The van der Waals surface area contributed by atoms with Crippen molar-refractivity contribution in [3.63, 3.8) is 0 Å². The number of unbranched alkanes of at least 4 members (excludes halogenated alkanes) is 2. The largest absolute Gasteiger partial charge is 0.479 e. The van der Waals surface area contributed by atoms with Crippen LogP contribution in [-0.2, 0) is 4.79 Å². The summed E-state index contributed by atoms with van der Waals surface area (Å²) in [6.45, 7) is 2.12. The maximum atomic E-state index is 10.2. The van der Waals surface area contributed by atoms with Crippen molar-refractivity contribution in [2.24, 2.45) is 0 Å². The van der Waals surface area contributed by atoms with Gasteiger partial charge >= 0.3 is 5.97 Å². The zero-order valence-corrected chi connectivity index (χ0v) is 8.14. The van der Waals surface area contributed by atoms with Crippen molar-refractivity contribution in [1.29, 1.82) is 0 Å². The molecule has 0 aromatic carbocycles. The summed E-state index contributed by atoms with van der Waals surface area (Å²) < 4.78 is 0. The zero-order chi connectivity index (χ0) is 9.40. The molecule has 0 rings (SSSR count). The molecule has 0 aromatic rings. The van der Waals surface area contributed by atoms with Crippen LogP contribution in [0.15, 0.2) is 0 Å². The van der Waals surface area contributed by atoms with Crippen LogP contribution in [0.5, 0.6) is 0 Å². The van der Waals surface area contributed by atoms with Gasteiger partial charge in [-0.15, -0.1) is 0 Å². The molecule has 4 heteroatoms. The van der Waals surface area contributed by atoms with Gasteiger partial charge in [0.1, 0.15) is 0 Å². The molecule has 0 fully saturated rings. The average molecular weight is 192 g/mol.